The molecule has 6 atom stereocenters. The highest BCUT2D eigenvalue weighted by atomic mass is 16.6. The number of ether oxygens (including phenoxy) is 2. The van der Waals surface area contributed by atoms with Gasteiger partial charge in [-0.2, -0.15) is 0 Å². The molecule has 1 saturated heterocycles. The fraction of sp³-hybridized carbons (Fsp3) is 0.750. The minimum Gasteiger partial charge on any atom is -0.462 e. The van der Waals surface area contributed by atoms with Crippen LogP contribution in [0.4, 0.5) is 0 Å². The van der Waals surface area contributed by atoms with Crippen molar-refractivity contribution in [1.29, 1.82) is 0 Å². The number of esters is 2. The molecule has 0 amide bonds. The largest absolute Gasteiger partial charge is 0.462 e. The normalized spacial score (nSPS) is 42.6. The minimum absolute atomic E-state index is 0.0370. The van der Waals surface area contributed by atoms with Gasteiger partial charge in [0.15, 0.2) is 0 Å². The maximum atomic E-state index is 11.6. The van der Waals surface area contributed by atoms with Crippen LogP contribution in [0.2, 0.25) is 0 Å². The van der Waals surface area contributed by atoms with Gasteiger partial charge in [-0.25, -0.2) is 4.79 Å². The predicted octanol–water partition coefficient (Wildman–Crippen LogP) is 2.47. The number of hydrogen-bond acceptors (Lipinski definition) is 4. The summed E-state index contributed by atoms with van der Waals surface area (Å²) in [5, 5.41) is 0. The summed E-state index contributed by atoms with van der Waals surface area (Å²) in [7, 11) is 0. The second-order valence-corrected chi connectivity index (χ2v) is 6.73. The zero-order valence-corrected chi connectivity index (χ0v) is 12.1. The molecule has 6 unspecified atom stereocenters. The Hall–Kier alpha value is -1.32. The Morgan fingerprint density at radius 3 is 2.50 bits per heavy atom. The van der Waals surface area contributed by atoms with Crippen molar-refractivity contribution in [3.63, 3.8) is 0 Å². The van der Waals surface area contributed by atoms with Gasteiger partial charge in [-0.1, -0.05) is 13.5 Å². The minimum atomic E-state index is -0.278. The van der Waals surface area contributed by atoms with Gasteiger partial charge >= 0.3 is 11.9 Å². The molecule has 3 rings (SSSR count). The van der Waals surface area contributed by atoms with Gasteiger partial charge < -0.3 is 9.47 Å². The summed E-state index contributed by atoms with van der Waals surface area (Å²) in [4.78, 5) is 23.1. The molecule has 1 aliphatic heterocycles. The van der Waals surface area contributed by atoms with Gasteiger partial charge in [-0.3, -0.25) is 4.79 Å². The van der Waals surface area contributed by atoms with Crippen molar-refractivity contribution in [2.24, 2.45) is 23.7 Å². The number of carbonyl (C=O) groups excluding carboxylic acids is 2. The molecule has 2 aliphatic carbocycles. The Labute approximate surface area is 119 Å². The molecule has 110 valence electrons. The van der Waals surface area contributed by atoms with Gasteiger partial charge in [-0.15, -0.1) is 0 Å². The first kappa shape index (κ1) is 13.7. The number of carbonyl (C=O) groups is 2. The molecule has 0 N–H and O–H groups in total. The Kier molecular flexibility index (Phi) is 3.35. The lowest BCUT2D eigenvalue weighted by Gasteiger charge is -2.30. The van der Waals surface area contributed by atoms with Crippen LogP contribution in [0.1, 0.15) is 39.5 Å². The molecule has 4 heteroatoms. The standard InChI is InChI=1S/C16H22O4/c1-8(2)15(17)19-13-7-10-5-11(13)6-12(10)14-4-9(3)16(18)20-14/h9-14H,1,4-7H2,2-3H3. The van der Waals surface area contributed by atoms with Crippen LogP contribution in [-0.2, 0) is 19.1 Å². The molecule has 2 bridgehead atoms. The number of hydrogen-bond donors (Lipinski definition) is 0. The summed E-state index contributed by atoms with van der Waals surface area (Å²) in [5.74, 6) is 1.14. The first-order valence-electron chi connectivity index (χ1n) is 7.52. The summed E-state index contributed by atoms with van der Waals surface area (Å²) in [6, 6.07) is 0. The molecule has 0 aromatic carbocycles. The van der Waals surface area contributed by atoms with Crippen molar-refractivity contribution >= 4 is 11.9 Å². The summed E-state index contributed by atoms with van der Waals surface area (Å²) >= 11 is 0. The maximum absolute atomic E-state index is 11.6. The van der Waals surface area contributed by atoms with E-state index in [0.29, 0.717) is 23.3 Å². The summed E-state index contributed by atoms with van der Waals surface area (Å²) in [6.07, 6.45) is 4.00. The lowest BCUT2D eigenvalue weighted by molar-refractivity contribution is -0.149. The van der Waals surface area contributed by atoms with E-state index in [1.54, 1.807) is 6.92 Å². The molecule has 0 radical (unpaired) electrons. The smallest absolute Gasteiger partial charge is 0.333 e. The maximum Gasteiger partial charge on any atom is 0.333 e. The van der Waals surface area contributed by atoms with Crippen LogP contribution in [0.25, 0.3) is 0 Å². The van der Waals surface area contributed by atoms with Crippen LogP contribution in [0.5, 0.6) is 0 Å². The van der Waals surface area contributed by atoms with E-state index in [2.05, 4.69) is 6.58 Å². The number of fused-ring (bicyclic) bond motifs is 2. The lowest BCUT2D eigenvalue weighted by atomic mass is 9.81. The van der Waals surface area contributed by atoms with Crippen LogP contribution < -0.4 is 0 Å². The molecule has 0 aromatic rings. The molecule has 1 heterocycles. The van der Waals surface area contributed by atoms with Crippen LogP contribution in [0.15, 0.2) is 12.2 Å². The highest BCUT2D eigenvalue weighted by molar-refractivity contribution is 5.87. The van der Waals surface area contributed by atoms with Crippen molar-refractivity contribution in [2.75, 3.05) is 0 Å². The van der Waals surface area contributed by atoms with Crippen molar-refractivity contribution in [2.45, 2.75) is 51.7 Å². The molecule has 4 nitrogen and oxygen atoms in total. The van der Waals surface area contributed by atoms with Gasteiger partial charge in [0.1, 0.15) is 12.2 Å². The van der Waals surface area contributed by atoms with E-state index in [9.17, 15) is 9.59 Å². The molecule has 3 aliphatic rings. The van der Waals surface area contributed by atoms with Gasteiger partial charge in [0.05, 0.1) is 5.92 Å². The Morgan fingerprint density at radius 2 is 2.00 bits per heavy atom. The fourth-order valence-electron chi connectivity index (χ4n) is 4.13. The van der Waals surface area contributed by atoms with E-state index in [0.717, 1.165) is 25.7 Å². The average molecular weight is 278 g/mol. The van der Waals surface area contributed by atoms with E-state index < -0.39 is 0 Å². The zero-order chi connectivity index (χ0) is 14.4. The highest BCUT2D eigenvalue weighted by Crippen LogP contribution is 2.53. The molecule has 20 heavy (non-hydrogen) atoms. The van der Waals surface area contributed by atoms with E-state index in [1.807, 2.05) is 6.92 Å². The van der Waals surface area contributed by atoms with Crippen LogP contribution in [0, 0.1) is 23.7 Å². The topological polar surface area (TPSA) is 52.6 Å². The molecule has 0 aromatic heterocycles. The van der Waals surface area contributed by atoms with Gasteiger partial charge in [0.25, 0.3) is 0 Å². The van der Waals surface area contributed by atoms with Crippen molar-refractivity contribution in [3.05, 3.63) is 12.2 Å². The summed E-state index contributed by atoms with van der Waals surface area (Å²) < 4.78 is 11.0. The Bertz CT molecular complexity index is 455. The number of rotatable bonds is 3. The zero-order valence-electron chi connectivity index (χ0n) is 12.1. The number of cyclic esters (lactones) is 1. The third-order valence-corrected chi connectivity index (χ3v) is 5.19. The van der Waals surface area contributed by atoms with Gasteiger partial charge in [0, 0.05) is 5.57 Å². The highest BCUT2D eigenvalue weighted by Gasteiger charge is 2.52. The summed E-state index contributed by atoms with van der Waals surface area (Å²) in [5.41, 5.74) is 0.461. The van der Waals surface area contributed by atoms with Crippen LogP contribution in [-0.4, -0.2) is 24.1 Å². The average Bonchev–Trinajstić information content (AvgIpc) is 3.04. The molecule has 0 spiro atoms. The second kappa shape index (κ2) is 4.90. The fourth-order valence-corrected chi connectivity index (χ4v) is 4.13. The van der Waals surface area contributed by atoms with Gasteiger partial charge in [0.2, 0.25) is 0 Å². The molecular formula is C16H22O4. The molecule has 3 fully saturated rings. The van der Waals surface area contributed by atoms with Crippen molar-refractivity contribution in [1.82, 2.24) is 0 Å². The van der Waals surface area contributed by atoms with Crippen molar-refractivity contribution in [3.8, 4) is 0 Å². The van der Waals surface area contributed by atoms with Gasteiger partial charge in [-0.05, 0) is 50.4 Å². The Morgan fingerprint density at radius 1 is 1.25 bits per heavy atom. The van der Waals surface area contributed by atoms with Crippen LogP contribution in [0.3, 0.4) is 0 Å². The van der Waals surface area contributed by atoms with E-state index in [4.69, 9.17) is 9.47 Å². The van der Waals surface area contributed by atoms with E-state index >= 15 is 0 Å². The quantitative estimate of drug-likeness (QED) is 0.588. The summed E-state index contributed by atoms with van der Waals surface area (Å²) in [6.45, 7) is 7.24. The SMILES string of the molecule is C=C(C)C(=O)OC1CC2CC1CC2C1CC(C)C(=O)O1. The third kappa shape index (κ3) is 2.25. The van der Waals surface area contributed by atoms with Crippen molar-refractivity contribution < 1.29 is 19.1 Å². The van der Waals surface area contributed by atoms with E-state index in [1.165, 1.54) is 0 Å². The Balaban J connectivity index is 1.58. The first-order chi connectivity index (χ1) is 9.45. The van der Waals surface area contributed by atoms with E-state index in [-0.39, 0.29) is 30.1 Å². The second-order valence-electron chi connectivity index (χ2n) is 6.73. The first-order valence-corrected chi connectivity index (χ1v) is 7.52. The third-order valence-electron chi connectivity index (χ3n) is 5.19. The van der Waals surface area contributed by atoms with Crippen LogP contribution >= 0.6 is 0 Å². The monoisotopic (exact) mass is 278 g/mol. The predicted molar refractivity (Wildman–Crippen MR) is 72.7 cm³/mol. The molecule has 2 saturated carbocycles. The molecular weight excluding hydrogens is 256 g/mol. The lowest BCUT2D eigenvalue weighted by Crippen LogP contribution is -2.32.